The van der Waals surface area contributed by atoms with Crippen molar-refractivity contribution in [2.24, 2.45) is 5.92 Å². The van der Waals surface area contributed by atoms with E-state index in [0.29, 0.717) is 12.3 Å². The second-order valence-electron chi connectivity index (χ2n) is 5.30. The van der Waals surface area contributed by atoms with Gasteiger partial charge in [-0.3, -0.25) is 4.79 Å². The van der Waals surface area contributed by atoms with Crippen molar-refractivity contribution in [3.05, 3.63) is 29.3 Å². The van der Waals surface area contributed by atoms with Gasteiger partial charge < -0.3 is 10.0 Å². The zero-order valence-corrected chi connectivity index (χ0v) is 11.1. The molecule has 0 bridgehead atoms. The van der Waals surface area contributed by atoms with Crippen LogP contribution < -0.4 is 4.90 Å². The van der Waals surface area contributed by atoms with Crippen molar-refractivity contribution in [2.45, 2.75) is 33.1 Å². The minimum atomic E-state index is -0.681. The van der Waals surface area contributed by atoms with Crippen molar-refractivity contribution in [3.63, 3.8) is 0 Å². The first kappa shape index (κ1) is 12.9. The number of hydrogen-bond acceptors (Lipinski definition) is 2. The fourth-order valence-corrected chi connectivity index (χ4v) is 2.55. The molecule has 1 aromatic rings. The number of benzene rings is 1. The Balaban J connectivity index is 1.95. The van der Waals surface area contributed by atoms with Gasteiger partial charge in [-0.1, -0.05) is 6.07 Å². The molecule has 0 aromatic heterocycles. The van der Waals surface area contributed by atoms with Crippen molar-refractivity contribution in [3.8, 4) is 0 Å². The first-order valence-corrected chi connectivity index (χ1v) is 6.60. The van der Waals surface area contributed by atoms with Crippen LogP contribution >= 0.6 is 0 Å². The minimum absolute atomic E-state index is 0.297. The molecule has 0 radical (unpaired) electrons. The predicted octanol–water partition coefficient (Wildman–Crippen LogP) is 2.99. The normalized spacial score (nSPS) is 19.2. The third kappa shape index (κ3) is 3.03. The van der Waals surface area contributed by atoms with Gasteiger partial charge in [0.2, 0.25) is 0 Å². The molecule has 3 nitrogen and oxygen atoms in total. The number of nitrogens with zero attached hydrogens (tertiary/aromatic N) is 1. The Morgan fingerprint density at radius 3 is 2.83 bits per heavy atom. The SMILES string of the molecule is Cc1ccc(N2CCC(CCC(=O)O)C2)cc1C. The van der Waals surface area contributed by atoms with E-state index in [2.05, 4.69) is 36.9 Å². The van der Waals surface area contributed by atoms with Gasteiger partial charge in [0.1, 0.15) is 0 Å². The average Bonchev–Trinajstić information content (AvgIpc) is 2.79. The van der Waals surface area contributed by atoms with E-state index in [1.165, 1.54) is 16.8 Å². The van der Waals surface area contributed by atoms with Crippen molar-refractivity contribution >= 4 is 11.7 Å². The summed E-state index contributed by atoms with van der Waals surface area (Å²) >= 11 is 0. The first-order chi connectivity index (χ1) is 8.56. The quantitative estimate of drug-likeness (QED) is 0.889. The summed E-state index contributed by atoms with van der Waals surface area (Å²) in [7, 11) is 0. The van der Waals surface area contributed by atoms with Crippen LogP contribution in [0.5, 0.6) is 0 Å². The minimum Gasteiger partial charge on any atom is -0.481 e. The lowest BCUT2D eigenvalue weighted by Gasteiger charge is -2.19. The fourth-order valence-electron chi connectivity index (χ4n) is 2.55. The molecule has 1 N–H and O–H groups in total. The number of anilines is 1. The highest BCUT2D eigenvalue weighted by Crippen LogP contribution is 2.27. The van der Waals surface area contributed by atoms with E-state index >= 15 is 0 Å². The van der Waals surface area contributed by atoms with Gasteiger partial charge in [-0.25, -0.2) is 0 Å². The molecule has 1 aliphatic rings. The fraction of sp³-hybridized carbons (Fsp3) is 0.533. The summed E-state index contributed by atoms with van der Waals surface area (Å²) in [5.41, 5.74) is 3.91. The summed E-state index contributed by atoms with van der Waals surface area (Å²) in [5, 5.41) is 8.71. The van der Waals surface area contributed by atoms with Crippen LogP contribution in [0, 0.1) is 19.8 Å². The van der Waals surface area contributed by atoms with Gasteiger partial charge in [0.15, 0.2) is 0 Å². The number of aliphatic carboxylic acids is 1. The monoisotopic (exact) mass is 247 g/mol. The van der Waals surface area contributed by atoms with Crippen LogP contribution in [0.25, 0.3) is 0 Å². The average molecular weight is 247 g/mol. The summed E-state index contributed by atoms with van der Waals surface area (Å²) in [4.78, 5) is 13.0. The van der Waals surface area contributed by atoms with Gasteiger partial charge in [-0.05, 0) is 55.9 Å². The highest BCUT2D eigenvalue weighted by Gasteiger charge is 2.23. The van der Waals surface area contributed by atoms with Crippen LogP contribution in [0.3, 0.4) is 0 Å². The van der Waals surface area contributed by atoms with Crippen molar-refractivity contribution in [2.75, 3.05) is 18.0 Å². The van der Waals surface area contributed by atoms with E-state index in [4.69, 9.17) is 5.11 Å². The highest BCUT2D eigenvalue weighted by atomic mass is 16.4. The smallest absolute Gasteiger partial charge is 0.303 e. The summed E-state index contributed by atoms with van der Waals surface area (Å²) in [6, 6.07) is 6.56. The Kier molecular flexibility index (Phi) is 3.90. The van der Waals surface area contributed by atoms with Crippen LogP contribution in [-0.2, 0) is 4.79 Å². The Labute approximate surface area is 108 Å². The molecule has 0 amide bonds. The number of hydrogen-bond donors (Lipinski definition) is 1. The number of carbonyl (C=O) groups is 1. The summed E-state index contributed by atoms with van der Waals surface area (Å²) in [6.45, 7) is 6.30. The first-order valence-electron chi connectivity index (χ1n) is 6.60. The third-order valence-electron chi connectivity index (χ3n) is 3.91. The van der Waals surface area contributed by atoms with Crippen LogP contribution in [-0.4, -0.2) is 24.2 Å². The molecule has 1 aliphatic heterocycles. The number of carboxylic acid groups (broad SMARTS) is 1. The van der Waals surface area contributed by atoms with Gasteiger partial charge in [0, 0.05) is 25.2 Å². The second kappa shape index (κ2) is 5.42. The molecule has 2 rings (SSSR count). The molecule has 0 spiro atoms. The number of rotatable bonds is 4. The zero-order valence-electron chi connectivity index (χ0n) is 11.1. The molecular formula is C15H21NO2. The van der Waals surface area contributed by atoms with Crippen LogP contribution in [0.1, 0.15) is 30.4 Å². The lowest BCUT2D eigenvalue weighted by atomic mass is 10.0. The van der Waals surface area contributed by atoms with E-state index in [0.717, 1.165) is 25.9 Å². The third-order valence-corrected chi connectivity index (χ3v) is 3.91. The Hall–Kier alpha value is -1.51. The molecule has 1 unspecified atom stereocenters. The molecule has 98 valence electrons. The van der Waals surface area contributed by atoms with E-state index < -0.39 is 5.97 Å². The van der Waals surface area contributed by atoms with Gasteiger partial charge in [-0.15, -0.1) is 0 Å². The van der Waals surface area contributed by atoms with E-state index in [-0.39, 0.29) is 0 Å². The maximum Gasteiger partial charge on any atom is 0.303 e. The Morgan fingerprint density at radius 1 is 1.39 bits per heavy atom. The molecule has 0 saturated carbocycles. The number of carboxylic acids is 1. The Morgan fingerprint density at radius 2 is 2.17 bits per heavy atom. The molecule has 1 heterocycles. The molecule has 1 saturated heterocycles. The zero-order chi connectivity index (χ0) is 13.1. The largest absolute Gasteiger partial charge is 0.481 e. The molecule has 1 atom stereocenters. The topological polar surface area (TPSA) is 40.5 Å². The second-order valence-corrected chi connectivity index (χ2v) is 5.30. The molecule has 0 aliphatic carbocycles. The predicted molar refractivity (Wildman–Crippen MR) is 73.1 cm³/mol. The molecule has 18 heavy (non-hydrogen) atoms. The molecular weight excluding hydrogens is 226 g/mol. The van der Waals surface area contributed by atoms with Crippen molar-refractivity contribution < 1.29 is 9.90 Å². The van der Waals surface area contributed by atoms with E-state index in [1.807, 2.05) is 0 Å². The van der Waals surface area contributed by atoms with Gasteiger partial charge in [-0.2, -0.15) is 0 Å². The summed E-state index contributed by atoms with van der Waals surface area (Å²) in [5.74, 6) is -0.151. The molecule has 1 fully saturated rings. The van der Waals surface area contributed by atoms with Gasteiger partial charge in [0.25, 0.3) is 0 Å². The highest BCUT2D eigenvalue weighted by molar-refractivity contribution is 5.66. The van der Waals surface area contributed by atoms with Crippen LogP contribution in [0.4, 0.5) is 5.69 Å². The summed E-state index contributed by atoms with van der Waals surface area (Å²) < 4.78 is 0. The van der Waals surface area contributed by atoms with E-state index in [1.54, 1.807) is 0 Å². The lowest BCUT2D eigenvalue weighted by molar-refractivity contribution is -0.137. The van der Waals surface area contributed by atoms with Crippen molar-refractivity contribution in [1.82, 2.24) is 0 Å². The van der Waals surface area contributed by atoms with Gasteiger partial charge >= 0.3 is 5.97 Å². The Bertz CT molecular complexity index is 442. The number of aryl methyl sites for hydroxylation is 2. The lowest BCUT2D eigenvalue weighted by Crippen LogP contribution is -2.19. The molecule has 3 heteroatoms. The van der Waals surface area contributed by atoms with Crippen LogP contribution in [0.2, 0.25) is 0 Å². The maximum absolute atomic E-state index is 10.6. The van der Waals surface area contributed by atoms with Crippen molar-refractivity contribution in [1.29, 1.82) is 0 Å². The maximum atomic E-state index is 10.6. The van der Waals surface area contributed by atoms with E-state index in [9.17, 15) is 4.79 Å². The molecule has 1 aromatic carbocycles. The summed E-state index contributed by atoms with van der Waals surface area (Å²) in [6.07, 6.45) is 2.21. The standard InChI is InChI=1S/C15H21NO2/c1-11-3-5-14(9-12(11)2)16-8-7-13(10-16)4-6-15(17)18/h3,5,9,13H,4,6-8,10H2,1-2H3,(H,17,18). The van der Waals surface area contributed by atoms with Gasteiger partial charge in [0.05, 0.1) is 0 Å². The van der Waals surface area contributed by atoms with Crippen LogP contribution in [0.15, 0.2) is 18.2 Å².